The van der Waals surface area contributed by atoms with E-state index in [4.69, 9.17) is 0 Å². The van der Waals surface area contributed by atoms with Gasteiger partial charge in [-0.05, 0) is 18.9 Å². The molecule has 1 amide bonds. The van der Waals surface area contributed by atoms with Crippen molar-refractivity contribution in [2.45, 2.75) is 31.7 Å². The zero-order chi connectivity index (χ0) is 11.7. The Bertz CT molecular complexity index is 547. The number of hydrogen-bond acceptors (Lipinski definition) is 5. The first-order valence-corrected chi connectivity index (χ1v) is 6.45. The standard InChI is InChI=1S/C11H12N4OS/c16-11(13-8-3-1-2-4-8)7-5-9-10(12-6-7)15-17-14-9/h5-6,8H,1-4H2,(H,13,16). The van der Waals surface area contributed by atoms with E-state index in [2.05, 4.69) is 19.0 Å². The van der Waals surface area contributed by atoms with Crippen molar-refractivity contribution in [3.05, 3.63) is 17.8 Å². The van der Waals surface area contributed by atoms with Crippen LogP contribution in [-0.2, 0) is 0 Å². The zero-order valence-electron chi connectivity index (χ0n) is 9.22. The smallest absolute Gasteiger partial charge is 0.253 e. The zero-order valence-corrected chi connectivity index (χ0v) is 10.0. The molecule has 0 aromatic carbocycles. The lowest BCUT2D eigenvalue weighted by Gasteiger charge is -2.11. The van der Waals surface area contributed by atoms with E-state index in [-0.39, 0.29) is 5.91 Å². The van der Waals surface area contributed by atoms with E-state index < -0.39 is 0 Å². The number of carbonyl (C=O) groups excluding carboxylic acids is 1. The fourth-order valence-corrected chi connectivity index (χ4v) is 2.63. The average molecular weight is 248 g/mol. The van der Waals surface area contributed by atoms with E-state index >= 15 is 0 Å². The van der Waals surface area contributed by atoms with Crippen LogP contribution in [0.25, 0.3) is 11.2 Å². The predicted molar refractivity (Wildman–Crippen MR) is 64.9 cm³/mol. The SMILES string of the molecule is O=C(NC1CCCC1)c1cnc2nsnc2c1. The second-order valence-corrected chi connectivity index (χ2v) is 4.81. The first-order chi connectivity index (χ1) is 8.33. The Hall–Kier alpha value is -1.56. The topological polar surface area (TPSA) is 67.8 Å². The Morgan fingerprint density at radius 2 is 2.18 bits per heavy atom. The summed E-state index contributed by atoms with van der Waals surface area (Å²) in [7, 11) is 0. The van der Waals surface area contributed by atoms with Gasteiger partial charge in [-0.15, -0.1) is 0 Å². The molecule has 0 spiro atoms. The molecule has 3 rings (SSSR count). The summed E-state index contributed by atoms with van der Waals surface area (Å²) < 4.78 is 8.09. The minimum atomic E-state index is -0.0562. The molecule has 0 radical (unpaired) electrons. The molecular formula is C11H12N4OS. The summed E-state index contributed by atoms with van der Waals surface area (Å²) in [6.07, 6.45) is 6.14. The van der Waals surface area contributed by atoms with Crippen LogP contribution in [0.1, 0.15) is 36.0 Å². The van der Waals surface area contributed by atoms with Gasteiger partial charge < -0.3 is 5.32 Å². The average Bonchev–Trinajstić information content (AvgIpc) is 2.97. The molecule has 2 aromatic rings. The molecule has 6 heteroatoms. The second-order valence-electron chi connectivity index (χ2n) is 4.29. The highest BCUT2D eigenvalue weighted by molar-refractivity contribution is 7.00. The maximum absolute atomic E-state index is 12.0. The summed E-state index contributed by atoms with van der Waals surface area (Å²) in [6, 6.07) is 2.07. The molecule has 0 bridgehead atoms. The lowest BCUT2D eigenvalue weighted by atomic mass is 10.2. The first kappa shape index (κ1) is 10.6. The first-order valence-electron chi connectivity index (χ1n) is 5.72. The molecular weight excluding hydrogens is 236 g/mol. The van der Waals surface area contributed by atoms with Crippen molar-refractivity contribution in [3.63, 3.8) is 0 Å². The fourth-order valence-electron chi connectivity index (χ4n) is 2.15. The highest BCUT2D eigenvalue weighted by atomic mass is 32.1. The number of fused-ring (bicyclic) bond motifs is 1. The van der Waals surface area contributed by atoms with Crippen molar-refractivity contribution in [1.29, 1.82) is 0 Å². The summed E-state index contributed by atoms with van der Waals surface area (Å²) in [5, 5.41) is 3.03. The minimum absolute atomic E-state index is 0.0562. The number of nitrogens with zero attached hydrogens (tertiary/aromatic N) is 3. The van der Waals surface area contributed by atoms with Crippen LogP contribution in [-0.4, -0.2) is 25.7 Å². The van der Waals surface area contributed by atoms with Crippen LogP contribution in [0.15, 0.2) is 12.3 Å². The van der Waals surface area contributed by atoms with Crippen molar-refractivity contribution in [1.82, 2.24) is 19.0 Å². The normalized spacial score (nSPS) is 16.5. The van der Waals surface area contributed by atoms with Gasteiger partial charge in [-0.3, -0.25) is 4.79 Å². The van der Waals surface area contributed by atoms with Crippen LogP contribution in [0.3, 0.4) is 0 Å². The third-order valence-electron chi connectivity index (χ3n) is 3.07. The number of nitrogens with one attached hydrogen (secondary N) is 1. The molecule has 1 aliphatic carbocycles. The van der Waals surface area contributed by atoms with E-state index in [1.54, 1.807) is 12.3 Å². The second kappa shape index (κ2) is 4.37. The number of pyridine rings is 1. The summed E-state index contributed by atoms with van der Waals surface area (Å²) in [4.78, 5) is 16.1. The van der Waals surface area contributed by atoms with Crippen molar-refractivity contribution in [2.24, 2.45) is 0 Å². The molecule has 5 nitrogen and oxygen atoms in total. The highest BCUT2D eigenvalue weighted by Gasteiger charge is 2.18. The molecule has 17 heavy (non-hydrogen) atoms. The Labute approximate surface area is 103 Å². The van der Waals surface area contributed by atoms with Gasteiger partial charge in [0.2, 0.25) is 0 Å². The van der Waals surface area contributed by atoms with E-state index in [1.807, 2.05) is 0 Å². The Morgan fingerprint density at radius 1 is 1.35 bits per heavy atom. The number of hydrogen-bond donors (Lipinski definition) is 1. The van der Waals surface area contributed by atoms with Gasteiger partial charge in [0.15, 0.2) is 5.65 Å². The van der Waals surface area contributed by atoms with Crippen molar-refractivity contribution < 1.29 is 4.79 Å². The molecule has 1 fully saturated rings. The Morgan fingerprint density at radius 3 is 3.00 bits per heavy atom. The largest absolute Gasteiger partial charge is 0.349 e. The highest BCUT2D eigenvalue weighted by Crippen LogP contribution is 2.18. The van der Waals surface area contributed by atoms with Gasteiger partial charge in [0.05, 0.1) is 17.3 Å². The number of rotatable bonds is 2. The number of amides is 1. The summed E-state index contributed by atoms with van der Waals surface area (Å²) in [5.41, 5.74) is 1.86. The van der Waals surface area contributed by atoms with Gasteiger partial charge >= 0.3 is 0 Å². The van der Waals surface area contributed by atoms with E-state index in [1.165, 1.54) is 12.8 Å². The van der Waals surface area contributed by atoms with Crippen LogP contribution < -0.4 is 5.32 Å². The van der Waals surface area contributed by atoms with Crippen LogP contribution in [0.2, 0.25) is 0 Å². The van der Waals surface area contributed by atoms with Crippen LogP contribution in [0.4, 0.5) is 0 Å². The van der Waals surface area contributed by atoms with Gasteiger partial charge in [-0.1, -0.05) is 12.8 Å². The number of carbonyl (C=O) groups is 1. The lowest BCUT2D eigenvalue weighted by Crippen LogP contribution is -2.32. The van der Waals surface area contributed by atoms with Crippen molar-refractivity contribution in [2.75, 3.05) is 0 Å². The minimum Gasteiger partial charge on any atom is -0.349 e. The Kier molecular flexibility index (Phi) is 2.72. The third kappa shape index (κ3) is 2.12. The summed E-state index contributed by atoms with van der Waals surface area (Å²) >= 11 is 1.11. The quantitative estimate of drug-likeness (QED) is 0.879. The third-order valence-corrected chi connectivity index (χ3v) is 3.60. The lowest BCUT2D eigenvalue weighted by molar-refractivity contribution is 0.0937. The molecule has 1 N–H and O–H groups in total. The van der Waals surface area contributed by atoms with Gasteiger partial charge in [0.1, 0.15) is 5.52 Å². The maximum Gasteiger partial charge on any atom is 0.253 e. The molecule has 88 valence electrons. The van der Waals surface area contributed by atoms with Gasteiger partial charge in [-0.2, -0.15) is 8.75 Å². The fraction of sp³-hybridized carbons (Fsp3) is 0.455. The molecule has 0 aliphatic heterocycles. The van der Waals surface area contributed by atoms with Gasteiger partial charge in [-0.25, -0.2) is 4.98 Å². The Balaban J connectivity index is 1.79. The number of aromatic nitrogens is 3. The molecule has 0 saturated heterocycles. The molecule has 1 saturated carbocycles. The molecule has 0 atom stereocenters. The van der Waals surface area contributed by atoms with Crippen LogP contribution in [0.5, 0.6) is 0 Å². The summed E-state index contributed by atoms with van der Waals surface area (Å²) in [5.74, 6) is -0.0562. The molecule has 2 aromatic heterocycles. The maximum atomic E-state index is 12.0. The summed E-state index contributed by atoms with van der Waals surface area (Å²) in [6.45, 7) is 0. The predicted octanol–water partition coefficient (Wildman–Crippen LogP) is 1.76. The molecule has 1 aliphatic rings. The van der Waals surface area contributed by atoms with Crippen LogP contribution >= 0.6 is 11.7 Å². The van der Waals surface area contributed by atoms with Gasteiger partial charge in [0.25, 0.3) is 5.91 Å². The van der Waals surface area contributed by atoms with Crippen molar-refractivity contribution >= 4 is 28.8 Å². The van der Waals surface area contributed by atoms with E-state index in [0.29, 0.717) is 22.8 Å². The van der Waals surface area contributed by atoms with Crippen LogP contribution in [0, 0.1) is 0 Å². The van der Waals surface area contributed by atoms with Crippen molar-refractivity contribution in [3.8, 4) is 0 Å². The molecule has 2 heterocycles. The molecule has 0 unspecified atom stereocenters. The van der Waals surface area contributed by atoms with Gasteiger partial charge in [0, 0.05) is 12.2 Å². The monoisotopic (exact) mass is 248 g/mol. The van der Waals surface area contributed by atoms with E-state index in [0.717, 1.165) is 24.6 Å². The van der Waals surface area contributed by atoms with E-state index in [9.17, 15) is 4.79 Å².